The van der Waals surface area contributed by atoms with E-state index in [-0.39, 0.29) is 12.3 Å². The number of hydrogen-bond acceptors (Lipinski definition) is 4. The summed E-state index contributed by atoms with van der Waals surface area (Å²) in [6.07, 6.45) is 0.276. The van der Waals surface area contributed by atoms with Gasteiger partial charge in [-0.25, -0.2) is 0 Å². The quantitative estimate of drug-likeness (QED) is 0.805. The zero-order valence-corrected chi connectivity index (χ0v) is 12.8. The van der Waals surface area contributed by atoms with E-state index in [2.05, 4.69) is 5.32 Å². The summed E-state index contributed by atoms with van der Waals surface area (Å²) in [6.45, 7) is 2.55. The molecule has 5 nitrogen and oxygen atoms in total. The molecule has 0 spiro atoms. The monoisotopic (exact) mass is 300 g/mol. The molecule has 22 heavy (non-hydrogen) atoms. The number of methoxy groups -OCH3 is 1. The standard InChI is InChI=1S/C17H20N2O3/c1-3-22-13-6-4-12(5-7-13)10-17(20)19-16-9-8-14(21-2)11-15(16)18/h4-9,11H,3,10,18H2,1-2H3,(H,19,20). The van der Waals surface area contributed by atoms with Crippen LogP contribution in [0.3, 0.4) is 0 Å². The summed E-state index contributed by atoms with van der Waals surface area (Å²) >= 11 is 0. The topological polar surface area (TPSA) is 73.6 Å². The molecule has 0 aromatic heterocycles. The highest BCUT2D eigenvalue weighted by molar-refractivity contribution is 5.95. The molecule has 0 aliphatic carbocycles. The SMILES string of the molecule is CCOc1ccc(CC(=O)Nc2ccc(OC)cc2N)cc1. The van der Waals surface area contributed by atoms with Gasteiger partial charge in [0.25, 0.3) is 0 Å². The zero-order valence-electron chi connectivity index (χ0n) is 12.8. The fourth-order valence-corrected chi connectivity index (χ4v) is 2.03. The summed E-state index contributed by atoms with van der Waals surface area (Å²) in [5.74, 6) is 1.33. The third kappa shape index (κ3) is 4.15. The number of carbonyl (C=O) groups excluding carboxylic acids is 1. The number of amides is 1. The summed E-state index contributed by atoms with van der Waals surface area (Å²) in [4.78, 5) is 12.1. The molecule has 0 unspecified atom stereocenters. The van der Waals surface area contributed by atoms with E-state index in [1.807, 2.05) is 31.2 Å². The van der Waals surface area contributed by atoms with Crippen LogP contribution in [0.1, 0.15) is 12.5 Å². The van der Waals surface area contributed by atoms with Crippen molar-refractivity contribution in [1.29, 1.82) is 0 Å². The van der Waals surface area contributed by atoms with Crippen molar-refractivity contribution in [2.24, 2.45) is 0 Å². The highest BCUT2D eigenvalue weighted by atomic mass is 16.5. The van der Waals surface area contributed by atoms with Gasteiger partial charge in [-0.2, -0.15) is 0 Å². The summed E-state index contributed by atoms with van der Waals surface area (Å²) in [6, 6.07) is 12.6. The predicted molar refractivity (Wildman–Crippen MR) is 87.4 cm³/mol. The minimum atomic E-state index is -0.124. The Balaban J connectivity index is 1.97. The van der Waals surface area contributed by atoms with Crippen LogP contribution in [0.5, 0.6) is 11.5 Å². The molecule has 0 bridgehead atoms. The average Bonchev–Trinajstić information content (AvgIpc) is 2.51. The first-order chi connectivity index (χ1) is 10.6. The van der Waals surface area contributed by atoms with Gasteiger partial charge in [0.2, 0.25) is 5.91 Å². The molecular formula is C17H20N2O3. The fourth-order valence-electron chi connectivity index (χ4n) is 2.03. The average molecular weight is 300 g/mol. The van der Waals surface area contributed by atoms with Crippen molar-refractivity contribution in [3.05, 3.63) is 48.0 Å². The summed E-state index contributed by atoms with van der Waals surface area (Å²) in [5.41, 5.74) is 7.84. The van der Waals surface area contributed by atoms with Crippen molar-refractivity contribution >= 4 is 17.3 Å². The predicted octanol–water partition coefficient (Wildman–Crippen LogP) is 2.86. The van der Waals surface area contributed by atoms with Gasteiger partial charge in [0.15, 0.2) is 0 Å². The second-order valence-electron chi connectivity index (χ2n) is 4.76. The maximum Gasteiger partial charge on any atom is 0.228 e. The number of anilines is 2. The van der Waals surface area contributed by atoms with Gasteiger partial charge in [-0.3, -0.25) is 4.79 Å². The Bertz CT molecular complexity index is 639. The molecule has 116 valence electrons. The second kappa shape index (κ2) is 7.36. The number of nitrogens with one attached hydrogen (secondary N) is 1. The summed E-state index contributed by atoms with van der Waals surface area (Å²) < 4.78 is 10.4. The van der Waals surface area contributed by atoms with Crippen LogP contribution in [0.2, 0.25) is 0 Å². The molecule has 0 atom stereocenters. The second-order valence-corrected chi connectivity index (χ2v) is 4.76. The van der Waals surface area contributed by atoms with Crippen molar-refractivity contribution in [3.63, 3.8) is 0 Å². The van der Waals surface area contributed by atoms with Crippen molar-refractivity contribution in [2.75, 3.05) is 24.8 Å². The Morgan fingerprint density at radius 3 is 2.41 bits per heavy atom. The molecule has 0 saturated heterocycles. The molecule has 0 aliphatic rings. The number of nitrogens with two attached hydrogens (primary N) is 1. The van der Waals surface area contributed by atoms with Gasteiger partial charge in [-0.15, -0.1) is 0 Å². The van der Waals surface area contributed by atoms with E-state index >= 15 is 0 Å². The summed E-state index contributed by atoms with van der Waals surface area (Å²) in [7, 11) is 1.57. The van der Waals surface area contributed by atoms with Crippen LogP contribution in [-0.4, -0.2) is 19.6 Å². The van der Waals surface area contributed by atoms with E-state index in [1.54, 1.807) is 25.3 Å². The molecule has 2 aromatic rings. The van der Waals surface area contributed by atoms with Crippen LogP contribution in [-0.2, 0) is 11.2 Å². The first-order valence-corrected chi connectivity index (χ1v) is 7.07. The van der Waals surface area contributed by atoms with E-state index in [0.717, 1.165) is 11.3 Å². The smallest absolute Gasteiger partial charge is 0.228 e. The zero-order chi connectivity index (χ0) is 15.9. The van der Waals surface area contributed by atoms with Gasteiger partial charge >= 0.3 is 0 Å². The molecule has 5 heteroatoms. The van der Waals surface area contributed by atoms with Crippen LogP contribution in [0.4, 0.5) is 11.4 Å². The maximum absolute atomic E-state index is 12.1. The number of benzene rings is 2. The molecule has 0 radical (unpaired) electrons. The Kier molecular flexibility index (Phi) is 5.25. The lowest BCUT2D eigenvalue weighted by atomic mass is 10.1. The first kappa shape index (κ1) is 15.7. The molecule has 2 rings (SSSR count). The van der Waals surface area contributed by atoms with Crippen molar-refractivity contribution in [1.82, 2.24) is 0 Å². The van der Waals surface area contributed by atoms with E-state index in [4.69, 9.17) is 15.2 Å². The Morgan fingerprint density at radius 2 is 1.82 bits per heavy atom. The Hall–Kier alpha value is -2.69. The van der Waals surface area contributed by atoms with Gasteiger partial charge in [0, 0.05) is 6.07 Å². The highest BCUT2D eigenvalue weighted by Gasteiger charge is 2.07. The minimum Gasteiger partial charge on any atom is -0.497 e. The molecular weight excluding hydrogens is 280 g/mol. The molecule has 2 aromatic carbocycles. The van der Waals surface area contributed by atoms with Crippen LogP contribution in [0, 0.1) is 0 Å². The normalized spacial score (nSPS) is 10.1. The third-order valence-electron chi connectivity index (χ3n) is 3.13. The number of rotatable bonds is 6. The van der Waals surface area contributed by atoms with Crippen LogP contribution < -0.4 is 20.5 Å². The van der Waals surface area contributed by atoms with E-state index in [9.17, 15) is 4.79 Å². The number of carbonyl (C=O) groups is 1. The summed E-state index contributed by atoms with van der Waals surface area (Å²) in [5, 5.41) is 2.80. The largest absolute Gasteiger partial charge is 0.497 e. The number of hydrogen-bond donors (Lipinski definition) is 2. The maximum atomic E-state index is 12.1. The van der Waals surface area contributed by atoms with E-state index in [0.29, 0.717) is 23.7 Å². The highest BCUT2D eigenvalue weighted by Crippen LogP contribution is 2.24. The lowest BCUT2D eigenvalue weighted by molar-refractivity contribution is -0.115. The third-order valence-corrected chi connectivity index (χ3v) is 3.13. The van der Waals surface area contributed by atoms with Crippen molar-refractivity contribution < 1.29 is 14.3 Å². The van der Waals surface area contributed by atoms with Crippen LogP contribution in [0.25, 0.3) is 0 Å². The van der Waals surface area contributed by atoms with Crippen molar-refractivity contribution in [3.8, 4) is 11.5 Å². The molecule has 3 N–H and O–H groups in total. The molecule has 1 amide bonds. The van der Waals surface area contributed by atoms with Gasteiger partial charge < -0.3 is 20.5 Å². The molecule has 0 saturated carbocycles. The number of nitrogen functional groups attached to an aromatic ring is 1. The van der Waals surface area contributed by atoms with E-state index in [1.165, 1.54) is 0 Å². The van der Waals surface area contributed by atoms with Gasteiger partial charge in [-0.05, 0) is 36.8 Å². The molecule has 0 fully saturated rings. The van der Waals surface area contributed by atoms with Crippen LogP contribution in [0.15, 0.2) is 42.5 Å². The Morgan fingerprint density at radius 1 is 1.14 bits per heavy atom. The molecule has 0 heterocycles. The van der Waals surface area contributed by atoms with Gasteiger partial charge in [0.1, 0.15) is 11.5 Å². The number of ether oxygens (including phenoxy) is 2. The fraction of sp³-hybridized carbons (Fsp3) is 0.235. The van der Waals surface area contributed by atoms with Crippen molar-refractivity contribution in [2.45, 2.75) is 13.3 Å². The molecule has 0 aliphatic heterocycles. The van der Waals surface area contributed by atoms with Gasteiger partial charge in [0.05, 0.1) is 31.5 Å². The minimum absolute atomic E-state index is 0.124. The van der Waals surface area contributed by atoms with Crippen LogP contribution >= 0.6 is 0 Å². The lowest BCUT2D eigenvalue weighted by Gasteiger charge is -2.10. The lowest BCUT2D eigenvalue weighted by Crippen LogP contribution is -2.15. The van der Waals surface area contributed by atoms with Gasteiger partial charge in [-0.1, -0.05) is 12.1 Å². The van der Waals surface area contributed by atoms with E-state index < -0.39 is 0 Å². The Labute approximate surface area is 130 Å². The first-order valence-electron chi connectivity index (χ1n) is 7.07.